The third kappa shape index (κ3) is 12.6. The molecule has 0 radical (unpaired) electrons. The lowest BCUT2D eigenvalue weighted by molar-refractivity contribution is -0.142. The molecular formula is C30H43N7O7. The smallest absolute Gasteiger partial charge is 0.326 e. The van der Waals surface area contributed by atoms with Crippen LogP contribution in [0.5, 0.6) is 11.5 Å². The number of hydrogen-bond donors (Lipinski definition) is 9. The first-order chi connectivity index (χ1) is 20.7. The Labute approximate surface area is 256 Å². The number of hydrogen-bond acceptors (Lipinski definition) is 8. The van der Waals surface area contributed by atoms with Gasteiger partial charge in [-0.05, 0) is 67.0 Å². The van der Waals surface area contributed by atoms with Crippen LogP contribution < -0.4 is 33.2 Å². The molecule has 0 heterocycles. The van der Waals surface area contributed by atoms with Gasteiger partial charge >= 0.3 is 5.97 Å². The van der Waals surface area contributed by atoms with Crippen LogP contribution in [0.3, 0.4) is 0 Å². The lowest BCUT2D eigenvalue weighted by Gasteiger charge is -2.26. The van der Waals surface area contributed by atoms with Crippen LogP contribution >= 0.6 is 0 Å². The maximum absolute atomic E-state index is 13.5. The number of aliphatic carboxylic acids is 1. The second kappa shape index (κ2) is 17.3. The molecule has 0 bridgehead atoms. The number of carbonyl (C=O) groups is 4. The summed E-state index contributed by atoms with van der Waals surface area (Å²) in [6, 6.07) is 7.60. The summed E-state index contributed by atoms with van der Waals surface area (Å²) in [7, 11) is 0. The molecule has 0 aliphatic heterocycles. The van der Waals surface area contributed by atoms with Crippen molar-refractivity contribution in [1.82, 2.24) is 16.0 Å². The largest absolute Gasteiger partial charge is 0.508 e. The number of benzene rings is 2. The standard InChI is InChI=1S/C30H43N7O7/c1-17(2)14-24(28(42)37-25(29(43)44)16-19-7-11-21(39)12-8-19)36-27(41)23(4-3-13-34-30(32)33)35-26(40)22(31)15-18-5-9-20(38)10-6-18/h5-12,17,22-25,38-39H,3-4,13-16,31H2,1-2H3,(H,35,40)(H,36,41)(H,37,42)(H,43,44)(H4,32,33,34). The molecule has 2 rings (SSSR count). The second-order valence-corrected chi connectivity index (χ2v) is 10.9. The Balaban J connectivity index is 2.17. The summed E-state index contributed by atoms with van der Waals surface area (Å²) in [6.07, 6.45) is 0.724. The molecule has 240 valence electrons. The van der Waals surface area contributed by atoms with Gasteiger partial charge in [0.25, 0.3) is 0 Å². The van der Waals surface area contributed by atoms with Gasteiger partial charge in [0.05, 0.1) is 6.04 Å². The molecule has 0 spiro atoms. The van der Waals surface area contributed by atoms with E-state index in [1.807, 2.05) is 13.8 Å². The quantitative estimate of drug-likeness (QED) is 0.0647. The molecule has 44 heavy (non-hydrogen) atoms. The van der Waals surface area contributed by atoms with Gasteiger partial charge in [0.1, 0.15) is 29.6 Å². The van der Waals surface area contributed by atoms with Gasteiger partial charge in [-0.2, -0.15) is 0 Å². The Hall–Kier alpha value is -4.85. The minimum atomic E-state index is -1.30. The summed E-state index contributed by atoms with van der Waals surface area (Å²) in [4.78, 5) is 55.6. The number of phenolic OH excluding ortho intramolecular Hbond substituents is 2. The van der Waals surface area contributed by atoms with E-state index in [4.69, 9.17) is 17.2 Å². The van der Waals surface area contributed by atoms with E-state index in [1.165, 1.54) is 24.3 Å². The van der Waals surface area contributed by atoms with Crippen molar-refractivity contribution in [2.24, 2.45) is 28.1 Å². The number of nitrogens with two attached hydrogens (primary N) is 3. The first kappa shape index (κ1) is 35.3. The number of aromatic hydroxyl groups is 2. The fourth-order valence-electron chi connectivity index (χ4n) is 4.35. The number of nitrogens with one attached hydrogen (secondary N) is 3. The van der Waals surface area contributed by atoms with E-state index >= 15 is 0 Å². The highest BCUT2D eigenvalue weighted by Gasteiger charge is 2.31. The molecule has 14 nitrogen and oxygen atoms in total. The Kier molecular flexibility index (Phi) is 13.9. The van der Waals surface area contributed by atoms with E-state index < -0.39 is 47.9 Å². The molecule has 4 unspecified atom stereocenters. The van der Waals surface area contributed by atoms with Crippen molar-refractivity contribution in [3.63, 3.8) is 0 Å². The van der Waals surface area contributed by atoms with Gasteiger partial charge in [-0.3, -0.25) is 19.4 Å². The van der Waals surface area contributed by atoms with Gasteiger partial charge < -0.3 is 48.5 Å². The number of guanidine groups is 1. The van der Waals surface area contributed by atoms with E-state index in [0.717, 1.165) is 0 Å². The molecule has 4 atom stereocenters. The SMILES string of the molecule is CC(C)CC(NC(=O)C(CCCN=C(N)N)NC(=O)C(N)Cc1ccc(O)cc1)C(=O)NC(Cc1ccc(O)cc1)C(=O)O. The molecule has 0 saturated carbocycles. The molecule has 3 amide bonds. The maximum Gasteiger partial charge on any atom is 0.326 e. The molecule has 12 N–H and O–H groups in total. The third-order valence-corrected chi connectivity index (χ3v) is 6.64. The van der Waals surface area contributed by atoms with Crippen LogP contribution in [0.4, 0.5) is 0 Å². The van der Waals surface area contributed by atoms with Crippen molar-refractivity contribution < 1.29 is 34.5 Å². The lowest BCUT2D eigenvalue weighted by atomic mass is 10.0. The van der Waals surface area contributed by atoms with Gasteiger partial charge in [-0.25, -0.2) is 4.79 Å². The van der Waals surface area contributed by atoms with Crippen molar-refractivity contribution >= 4 is 29.7 Å². The van der Waals surface area contributed by atoms with Crippen LogP contribution in [0.25, 0.3) is 0 Å². The number of rotatable bonds is 17. The van der Waals surface area contributed by atoms with E-state index in [1.54, 1.807) is 24.3 Å². The third-order valence-electron chi connectivity index (χ3n) is 6.64. The van der Waals surface area contributed by atoms with Crippen LogP contribution in [0.15, 0.2) is 53.5 Å². The monoisotopic (exact) mass is 613 g/mol. The van der Waals surface area contributed by atoms with Gasteiger partial charge in [0.15, 0.2) is 5.96 Å². The van der Waals surface area contributed by atoms with Crippen LogP contribution in [-0.4, -0.2) is 75.7 Å². The lowest BCUT2D eigenvalue weighted by Crippen LogP contribution is -2.57. The van der Waals surface area contributed by atoms with Crippen LogP contribution in [0.2, 0.25) is 0 Å². The summed E-state index contributed by atoms with van der Waals surface area (Å²) < 4.78 is 0. The zero-order valence-electron chi connectivity index (χ0n) is 24.9. The Morgan fingerprint density at radius 2 is 1.23 bits per heavy atom. The topological polar surface area (TPSA) is 255 Å². The summed E-state index contributed by atoms with van der Waals surface area (Å²) in [5.74, 6) is -3.33. The fourth-order valence-corrected chi connectivity index (χ4v) is 4.35. The first-order valence-electron chi connectivity index (χ1n) is 14.3. The number of carbonyl (C=O) groups excluding carboxylic acids is 3. The van der Waals surface area contributed by atoms with E-state index in [2.05, 4.69) is 20.9 Å². The summed E-state index contributed by atoms with van der Waals surface area (Å²) in [5.41, 5.74) is 18.1. The Bertz CT molecular complexity index is 1280. The predicted octanol–water partition coefficient (Wildman–Crippen LogP) is -0.151. The van der Waals surface area contributed by atoms with Crippen molar-refractivity contribution in [1.29, 1.82) is 0 Å². The number of carboxylic acids is 1. The maximum atomic E-state index is 13.5. The minimum absolute atomic E-state index is 0.0191. The number of carboxylic acid groups (broad SMARTS) is 1. The van der Waals surface area contributed by atoms with Gasteiger partial charge in [0, 0.05) is 13.0 Å². The molecular weight excluding hydrogens is 570 g/mol. The highest BCUT2D eigenvalue weighted by Crippen LogP contribution is 2.14. The highest BCUT2D eigenvalue weighted by atomic mass is 16.4. The Morgan fingerprint density at radius 1 is 0.750 bits per heavy atom. The van der Waals surface area contributed by atoms with Crippen LogP contribution in [0.1, 0.15) is 44.2 Å². The zero-order chi connectivity index (χ0) is 32.8. The number of nitrogens with zero attached hydrogens (tertiary/aromatic N) is 1. The van der Waals surface area contributed by atoms with Gasteiger partial charge in [-0.15, -0.1) is 0 Å². The highest BCUT2D eigenvalue weighted by molar-refractivity contribution is 5.94. The van der Waals surface area contributed by atoms with Crippen molar-refractivity contribution in [3.05, 3.63) is 59.7 Å². The number of amides is 3. The van der Waals surface area contributed by atoms with Crippen molar-refractivity contribution in [3.8, 4) is 11.5 Å². The van der Waals surface area contributed by atoms with E-state index in [-0.39, 0.29) is 55.6 Å². The summed E-state index contributed by atoms with van der Waals surface area (Å²) in [6.45, 7) is 3.87. The molecule has 14 heteroatoms. The number of phenols is 2. The molecule has 0 aliphatic rings. The molecule has 0 aromatic heterocycles. The first-order valence-corrected chi connectivity index (χ1v) is 14.3. The van der Waals surface area contributed by atoms with E-state index in [0.29, 0.717) is 17.5 Å². The van der Waals surface area contributed by atoms with Crippen molar-refractivity contribution in [2.45, 2.75) is 70.1 Å². The van der Waals surface area contributed by atoms with E-state index in [9.17, 15) is 34.5 Å². The average Bonchev–Trinajstić information content (AvgIpc) is 2.95. The molecule has 0 fully saturated rings. The molecule has 0 aliphatic carbocycles. The fraction of sp³-hybridized carbons (Fsp3) is 0.433. The van der Waals surface area contributed by atoms with Crippen molar-refractivity contribution in [2.75, 3.05) is 6.54 Å². The predicted molar refractivity (Wildman–Crippen MR) is 164 cm³/mol. The number of aliphatic imine (C=N–C) groups is 1. The molecule has 2 aromatic carbocycles. The zero-order valence-corrected chi connectivity index (χ0v) is 24.9. The molecule has 0 saturated heterocycles. The summed E-state index contributed by atoms with van der Waals surface area (Å²) >= 11 is 0. The summed E-state index contributed by atoms with van der Waals surface area (Å²) in [5, 5.41) is 36.5. The van der Waals surface area contributed by atoms with Gasteiger partial charge in [-0.1, -0.05) is 38.1 Å². The minimum Gasteiger partial charge on any atom is -0.508 e. The van der Waals surface area contributed by atoms with Crippen LogP contribution in [0, 0.1) is 5.92 Å². The average molecular weight is 614 g/mol. The molecule has 2 aromatic rings. The van der Waals surface area contributed by atoms with Gasteiger partial charge in [0.2, 0.25) is 17.7 Å². The van der Waals surface area contributed by atoms with Crippen LogP contribution in [-0.2, 0) is 32.0 Å². The normalized spacial score (nSPS) is 13.6. The second-order valence-electron chi connectivity index (χ2n) is 10.9. The Morgan fingerprint density at radius 3 is 1.73 bits per heavy atom.